The Balaban J connectivity index is 1.62. The van der Waals surface area contributed by atoms with Crippen LogP contribution in [0.2, 0.25) is 0 Å². The summed E-state index contributed by atoms with van der Waals surface area (Å²) in [7, 11) is -3.85. The number of fused-ring (bicyclic) bond motifs is 2. The minimum absolute atomic E-state index is 0.0216. The molecule has 0 spiro atoms. The monoisotopic (exact) mass is 451 g/mol. The third-order valence-corrected chi connectivity index (χ3v) is 6.49. The van der Waals surface area contributed by atoms with Gasteiger partial charge in [-0.3, -0.25) is 4.79 Å². The number of rotatable bonds is 5. The number of ether oxygens (including phenoxy) is 1. The number of sulfonamides is 1. The lowest BCUT2D eigenvalue weighted by Crippen LogP contribution is -2.19. The van der Waals surface area contributed by atoms with Crippen LogP contribution in [0.25, 0.3) is 21.0 Å². The first kappa shape index (κ1) is 20.8. The number of primary sulfonamides is 1. The smallest absolute Gasteiger partial charge is 0.286 e. The van der Waals surface area contributed by atoms with Crippen molar-refractivity contribution in [1.29, 1.82) is 0 Å². The molecular weight excluding hydrogens is 434 g/mol. The largest absolute Gasteiger partial charge is 0.484 e. The van der Waals surface area contributed by atoms with Crippen LogP contribution in [-0.2, 0) is 21.4 Å². The summed E-state index contributed by atoms with van der Waals surface area (Å²) in [4.78, 5) is 16.9. The fraction of sp³-hybridized carbons (Fsp3) is 0.0909. The van der Waals surface area contributed by atoms with Crippen LogP contribution in [0.1, 0.15) is 0 Å². The highest BCUT2D eigenvalue weighted by Crippen LogP contribution is 2.22. The summed E-state index contributed by atoms with van der Waals surface area (Å²) in [5, 5.41) is 7.29. The standard InChI is InChI=1S/C22H17N3O4S2/c1-2-11-25-19-10-9-18(31(23,27)28)13-20(19)30-22(25)24-21(26)14-29-17-8-7-15-5-3-4-6-16(15)12-17/h1,3-10,12-13H,11,14H2,(H2,23,27,28). The summed E-state index contributed by atoms with van der Waals surface area (Å²) in [6, 6.07) is 17.8. The first-order chi connectivity index (χ1) is 14.8. The van der Waals surface area contributed by atoms with E-state index in [0.717, 1.165) is 22.1 Å². The number of carbonyl (C=O) groups is 1. The molecule has 0 bridgehead atoms. The molecule has 0 aliphatic rings. The van der Waals surface area contributed by atoms with E-state index in [-0.39, 0.29) is 18.0 Å². The molecule has 7 nitrogen and oxygen atoms in total. The van der Waals surface area contributed by atoms with Crippen LogP contribution in [0.5, 0.6) is 5.75 Å². The van der Waals surface area contributed by atoms with Crippen molar-refractivity contribution < 1.29 is 17.9 Å². The van der Waals surface area contributed by atoms with E-state index in [9.17, 15) is 13.2 Å². The van der Waals surface area contributed by atoms with E-state index in [1.54, 1.807) is 16.7 Å². The Kier molecular flexibility index (Phi) is 5.61. The molecule has 0 fully saturated rings. The van der Waals surface area contributed by atoms with Crippen molar-refractivity contribution in [3.63, 3.8) is 0 Å². The maximum Gasteiger partial charge on any atom is 0.286 e. The van der Waals surface area contributed by atoms with Gasteiger partial charge in [-0.05, 0) is 41.1 Å². The van der Waals surface area contributed by atoms with E-state index in [4.69, 9.17) is 16.3 Å². The van der Waals surface area contributed by atoms with E-state index in [2.05, 4.69) is 10.9 Å². The van der Waals surface area contributed by atoms with E-state index >= 15 is 0 Å². The highest BCUT2D eigenvalue weighted by atomic mass is 32.2. The van der Waals surface area contributed by atoms with Gasteiger partial charge in [0.05, 0.1) is 21.7 Å². The van der Waals surface area contributed by atoms with Gasteiger partial charge in [0, 0.05) is 0 Å². The van der Waals surface area contributed by atoms with Gasteiger partial charge < -0.3 is 9.30 Å². The summed E-state index contributed by atoms with van der Waals surface area (Å²) in [5.74, 6) is 2.59. The highest BCUT2D eigenvalue weighted by molar-refractivity contribution is 7.89. The topological polar surface area (TPSA) is 104 Å². The Morgan fingerprint density at radius 3 is 2.65 bits per heavy atom. The lowest BCUT2D eigenvalue weighted by molar-refractivity contribution is -0.120. The molecule has 0 unspecified atom stereocenters. The quantitative estimate of drug-likeness (QED) is 0.471. The Morgan fingerprint density at radius 2 is 1.90 bits per heavy atom. The maximum absolute atomic E-state index is 12.4. The van der Waals surface area contributed by atoms with E-state index in [1.807, 2.05) is 36.4 Å². The van der Waals surface area contributed by atoms with Gasteiger partial charge >= 0.3 is 0 Å². The lowest BCUT2D eigenvalue weighted by atomic mass is 10.1. The minimum atomic E-state index is -3.85. The second-order valence-electron chi connectivity index (χ2n) is 6.65. The van der Waals surface area contributed by atoms with E-state index in [0.29, 0.717) is 20.8 Å². The van der Waals surface area contributed by atoms with Gasteiger partial charge in [0.15, 0.2) is 11.4 Å². The molecule has 3 aromatic carbocycles. The molecule has 0 atom stereocenters. The minimum Gasteiger partial charge on any atom is -0.484 e. The predicted molar refractivity (Wildman–Crippen MR) is 120 cm³/mol. The van der Waals surface area contributed by atoms with E-state index < -0.39 is 15.9 Å². The van der Waals surface area contributed by atoms with E-state index in [1.165, 1.54) is 12.1 Å². The molecule has 2 N–H and O–H groups in total. The number of amides is 1. The van der Waals surface area contributed by atoms with Crippen LogP contribution in [0.15, 0.2) is 70.6 Å². The number of nitrogens with two attached hydrogens (primary N) is 1. The van der Waals surface area contributed by atoms with Crippen LogP contribution in [0.4, 0.5) is 0 Å². The van der Waals surface area contributed by atoms with Gasteiger partial charge in [-0.15, -0.1) is 6.42 Å². The lowest BCUT2D eigenvalue weighted by Gasteiger charge is -2.05. The van der Waals surface area contributed by atoms with Crippen LogP contribution < -0.4 is 14.7 Å². The number of carbonyl (C=O) groups excluding carboxylic acids is 1. The van der Waals surface area contributed by atoms with Crippen molar-refractivity contribution in [3.05, 3.63) is 65.5 Å². The molecular formula is C22H17N3O4S2. The summed E-state index contributed by atoms with van der Waals surface area (Å²) in [6.07, 6.45) is 5.46. The molecule has 31 heavy (non-hydrogen) atoms. The van der Waals surface area contributed by atoms with Gasteiger partial charge in [-0.2, -0.15) is 4.99 Å². The molecule has 1 heterocycles. The summed E-state index contributed by atoms with van der Waals surface area (Å²) < 4.78 is 31.1. The summed E-state index contributed by atoms with van der Waals surface area (Å²) in [5.41, 5.74) is 0.664. The van der Waals surface area contributed by atoms with Crippen molar-refractivity contribution in [1.82, 2.24) is 4.57 Å². The fourth-order valence-corrected chi connectivity index (χ4v) is 4.80. The van der Waals surface area contributed by atoms with Gasteiger partial charge in [0.25, 0.3) is 5.91 Å². The molecule has 0 saturated heterocycles. The summed E-state index contributed by atoms with van der Waals surface area (Å²) >= 11 is 1.15. The van der Waals surface area contributed by atoms with Gasteiger partial charge in [0.1, 0.15) is 5.75 Å². The van der Waals surface area contributed by atoms with Crippen molar-refractivity contribution in [2.45, 2.75) is 11.4 Å². The molecule has 0 radical (unpaired) electrons. The Bertz CT molecular complexity index is 1530. The zero-order valence-corrected chi connectivity index (χ0v) is 17.8. The highest BCUT2D eigenvalue weighted by Gasteiger charge is 2.13. The zero-order chi connectivity index (χ0) is 22.0. The molecule has 0 aliphatic carbocycles. The molecule has 1 amide bonds. The number of hydrogen-bond acceptors (Lipinski definition) is 5. The second kappa shape index (κ2) is 8.35. The molecule has 0 saturated carbocycles. The maximum atomic E-state index is 12.4. The fourth-order valence-electron chi connectivity index (χ4n) is 3.10. The first-order valence-corrected chi connectivity index (χ1v) is 11.5. The summed E-state index contributed by atoms with van der Waals surface area (Å²) in [6.45, 7) is -0.0720. The van der Waals surface area contributed by atoms with Crippen LogP contribution in [-0.4, -0.2) is 25.5 Å². The van der Waals surface area contributed by atoms with Gasteiger partial charge in [-0.25, -0.2) is 13.6 Å². The van der Waals surface area contributed by atoms with Crippen molar-refractivity contribution in [2.24, 2.45) is 10.1 Å². The predicted octanol–water partition coefficient (Wildman–Crippen LogP) is 2.64. The Labute approximate surface area is 182 Å². The number of thiazole rings is 1. The zero-order valence-electron chi connectivity index (χ0n) is 16.2. The molecule has 4 rings (SSSR count). The van der Waals surface area contributed by atoms with Gasteiger partial charge in [-0.1, -0.05) is 47.6 Å². The first-order valence-electron chi connectivity index (χ1n) is 9.14. The third-order valence-electron chi connectivity index (χ3n) is 4.54. The SMILES string of the molecule is C#CCn1c(=NC(=O)COc2ccc3ccccc3c2)sc2cc(S(N)(=O)=O)ccc21. The number of aromatic nitrogens is 1. The molecule has 156 valence electrons. The van der Waals surface area contributed by atoms with Crippen molar-refractivity contribution in [2.75, 3.05) is 6.61 Å². The average Bonchev–Trinajstić information content (AvgIpc) is 3.08. The van der Waals surface area contributed by atoms with Crippen LogP contribution in [0, 0.1) is 12.3 Å². The molecule has 0 aliphatic heterocycles. The van der Waals surface area contributed by atoms with Gasteiger partial charge in [0.2, 0.25) is 10.0 Å². The van der Waals surface area contributed by atoms with Crippen LogP contribution >= 0.6 is 11.3 Å². The Hall–Kier alpha value is -3.45. The molecule has 4 aromatic rings. The number of nitrogens with zero attached hydrogens (tertiary/aromatic N) is 2. The number of benzene rings is 3. The second-order valence-corrected chi connectivity index (χ2v) is 9.22. The Morgan fingerprint density at radius 1 is 1.13 bits per heavy atom. The van der Waals surface area contributed by atoms with Crippen LogP contribution in [0.3, 0.4) is 0 Å². The van der Waals surface area contributed by atoms with Crippen molar-refractivity contribution >= 4 is 48.3 Å². The number of hydrogen-bond donors (Lipinski definition) is 1. The van der Waals surface area contributed by atoms with Crippen molar-refractivity contribution in [3.8, 4) is 18.1 Å². The number of terminal acetylenes is 1. The normalized spacial score (nSPS) is 12.2. The molecule has 1 aromatic heterocycles. The molecule has 9 heteroatoms. The third kappa shape index (κ3) is 4.51. The average molecular weight is 452 g/mol.